The molecule has 3 N–H and O–H groups in total. The zero-order valence-corrected chi connectivity index (χ0v) is 26.1. The molecule has 0 aromatic heterocycles. The highest BCUT2D eigenvalue weighted by Gasteiger charge is 2.45. The van der Waals surface area contributed by atoms with Gasteiger partial charge in [0.2, 0.25) is 0 Å². The van der Waals surface area contributed by atoms with Gasteiger partial charge in [-0.15, -0.1) is 0 Å². The number of aliphatic hydroxyl groups is 1. The van der Waals surface area contributed by atoms with E-state index in [1.165, 1.54) is 25.2 Å². The SMILES string of the molecule is BC(B)(B)NC[C@@]1(c2ccccc2)Cc2c(cc(F)c(Cl)c2-c2c(C(=O)NC)ccc(OC(B)(B)C(B)(B)O)c2F)O1. The number of carbonyl (C=O) groups is 1. The Bertz CT molecular complexity index is 1520. The molecule has 0 spiro atoms. The van der Waals surface area contributed by atoms with E-state index in [-0.39, 0.29) is 44.9 Å². The highest BCUT2D eigenvalue weighted by molar-refractivity contribution is 6.59. The molecule has 0 radical (unpaired) electrons. The number of benzene rings is 3. The summed E-state index contributed by atoms with van der Waals surface area (Å²) in [6, 6.07) is 13.5. The number of nitrogens with one attached hydrogen (secondary N) is 2. The van der Waals surface area contributed by atoms with Crippen LogP contribution in [-0.2, 0) is 12.0 Å². The summed E-state index contributed by atoms with van der Waals surface area (Å²) in [4.78, 5) is 13.0. The Hall–Kier alpha value is -2.75. The monoisotopic (exact) mass is 586 g/mol. The molecule has 1 heterocycles. The van der Waals surface area contributed by atoms with Gasteiger partial charge in [-0.25, -0.2) is 8.78 Å². The van der Waals surface area contributed by atoms with Crippen molar-refractivity contribution in [2.45, 2.75) is 28.1 Å². The molecular weight excluding hydrogens is 553 g/mol. The van der Waals surface area contributed by atoms with E-state index in [9.17, 15) is 9.90 Å². The number of amides is 1. The number of halogens is 3. The van der Waals surface area contributed by atoms with Gasteiger partial charge in [0.25, 0.3) is 5.91 Å². The van der Waals surface area contributed by atoms with Crippen LogP contribution in [0.25, 0.3) is 11.1 Å². The summed E-state index contributed by atoms with van der Waals surface area (Å²) >= 11 is 6.62. The molecule has 16 heteroatoms. The fraction of sp³-hybridized carbons (Fsp3) is 0.269. The van der Waals surface area contributed by atoms with Gasteiger partial charge < -0.3 is 25.2 Å². The van der Waals surface area contributed by atoms with Gasteiger partial charge in [-0.3, -0.25) is 4.79 Å². The Morgan fingerprint density at radius 2 is 1.71 bits per heavy atom. The Labute approximate surface area is 256 Å². The summed E-state index contributed by atoms with van der Waals surface area (Å²) in [6.45, 7) is 0.363. The predicted molar refractivity (Wildman–Crippen MR) is 181 cm³/mol. The van der Waals surface area contributed by atoms with Gasteiger partial charge in [0.05, 0.1) is 16.0 Å². The third-order valence-electron chi connectivity index (χ3n) is 7.92. The van der Waals surface area contributed by atoms with E-state index in [0.717, 1.165) is 5.56 Å². The fourth-order valence-corrected chi connectivity index (χ4v) is 5.08. The van der Waals surface area contributed by atoms with Crippen molar-refractivity contribution in [1.82, 2.24) is 10.6 Å². The Morgan fingerprint density at radius 3 is 2.29 bits per heavy atom. The number of ether oxygens (including phenoxy) is 2. The molecule has 0 unspecified atom stereocenters. The van der Waals surface area contributed by atoms with E-state index >= 15 is 8.78 Å². The minimum Gasteiger partial charge on any atom is -0.501 e. The molecule has 4 rings (SSSR count). The zero-order valence-electron chi connectivity index (χ0n) is 25.3. The zero-order chi connectivity index (χ0) is 31.3. The quantitative estimate of drug-likeness (QED) is 0.231. The maximum Gasteiger partial charge on any atom is 0.251 e. The molecular formula is C26H32B7ClF2N2O4. The van der Waals surface area contributed by atoms with Crippen molar-refractivity contribution in [3.63, 3.8) is 0 Å². The Morgan fingerprint density at radius 1 is 1.07 bits per heavy atom. The molecule has 1 aliphatic heterocycles. The maximum atomic E-state index is 16.6. The first-order chi connectivity index (χ1) is 19.4. The lowest BCUT2D eigenvalue weighted by atomic mass is 9.42. The number of fused-ring (bicyclic) bond motifs is 1. The van der Waals surface area contributed by atoms with E-state index in [0.29, 0.717) is 12.1 Å². The molecule has 3 aromatic carbocycles. The highest BCUT2D eigenvalue weighted by atomic mass is 35.5. The van der Waals surface area contributed by atoms with Crippen LogP contribution in [-0.4, -0.2) is 95.6 Å². The summed E-state index contributed by atoms with van der Waals surface area (Å²) < 4.78 is 44.6. The van der Waals surface area contributed by atoms with E-state index in [2.05, 4.69) is 10.6 Å². The molecule has 0 fully saturated rings. The van der Waals surface area contributed by atoms with E-state index in [1.54, 1.807) is 31.4 Å². The topological polar surface area (TPSA) is 79.8 Å². The number of hydrogen-bond acceptors (Lipinski definition) is 5. The van der Waals surface area contributed by atoms with Gasteiger partial charge in [0.1, 0.15) is 66.5 Å². The van der Waals surface area contributed by atoms with Crippen molar-refractivity contribution in [2.24, 2.45) is 0 Å². The summed E-state index contributed by atoms with van der Waals surface area (Å²) in [5.41, 5.74) is 0.0883. The molecule has 0 saturated carbocycles. The smallest absolute Gasteiger partial charge is 0.251 e. The molecule has 1 aliphatic rings. The second-order valence-corrected chi connectivity index (χ2v) is 13.2. The van der Waals surface area contributed by atoms with Gasteiger partial charge in [-0.2, -0.15) is 0 Å². The average Bonchev–Trinajstić information content (AvgIpc) is 3.28. The molecule has 0 saturated heterocycles. The van der Waals surface area contributed by atoms with E-state index < -0.39 is 33.9 Å². The van der Waals surface area contributed by atoms with Gasteiger partial charge >= 0.3 is 0 Å². The van der Waals surface area contributed by atoms with Gasteiger partial charge in [0, 0.05) is 48.2 Å². The van der Waals surface area contributed by atoms with Crippen LogP contribution in [0.1, 0.15) is 21.5 Å². The van der Waals surface area contributed by atoms with E-state index in [4.69, 9.17) is 21.1 Å². The minimum atomic E-state index is -1.35. The lowest BCUT2D eigenvalue weighted by Crippen LogP contribution is -2.60. The third kappa shape index (κ3) is 6.15. The number of rotatable bonds is 9. The first-order valence-electron chi connectivity index (χ1n) is 13.9. The molecule has 0 bridgehead atoms. The van der Waals surface area contributed by atoms with Crippen molar-refractivity contribution in [2.75, 3.05) is 13.6 Å². The first kappa shape index (κ1) is 32.2. The maximum absolute atomic E-state index is 16.6. The molecule has 212 valence electrons. The van der Waals surface area contributed by atoms with Crippen LogP contribution >= 0.6 is 11.6 Å². The third-order valence-corrected chi connectivity index (χ3v) is 8.29. The van der Waals surface area contributed by atoms with Crippen LogP contribution in [0.15, 0.2) is 48.5 Å². The molecule has 0 aliphatic carbocycles. The van der Waals surface area contributed by atoms with Crippen molar-refractivity contribution >= 4 is 72.4 Å². The van der Waals surface area contributed by atoms with Crippen LogP contribution in [0, 0.1) is 11.6 Å². The van der Waals surface area contributed by atoms with Crippen molar-refractivity contribution in [1.29, 1.82) is 0 Å². The molecule has 1 amide bonds. The number of carbonyl (C=O) groups excluding carboxylic acids is 1. The fourth-order valence-electron chi connectivity index (χ4n) is 4.82. The largest absolute Gasteiger partial charge is 0.501 e. The summed E-state index contributed by atoms with van der Waals surface area (Å²) in [5, 5.41) is 13.5. The van der Waals surface area contributed by atoms with Gasteiger partial charge in [-0.05, 0) is 17.7 Å². The highest BCUT2D eigenvalue weighted by Crippen LogP contribution is 2.50. The molecule has 42 heavy (non-hydrogen) atoms. The average molecular weight is 586 g/mol. The normalized spacial score (nSPS) is 16.9. The van der Waals surface area contributed by atoms with Gasteiger partial charge in [0.15, 0.2) is 17.2 Å². The van der Waals surface area contributed by atoms with Crippen LogP contribution in [0.5, 0.6) is 11.5 Å². The van der Waals surface area contributed by atoms with Crippen LogP contribution in [0.3, 0.4) is 0 Å². The first-order valence-corrected chi connectivity index (χ1v) is 14.3. The van der Waals surface area contributed by atoms with Crippen molar-refractivity contribution in [3.05, 3.63) is 81.9 Å². The standard InChI is InChI=1S/C26H32B7ClF2N2O4/c1-37-22(39)13-7-8-16(42-25(29,30)24(27,28)40)21(36)19(13)18-14-10-23(11-38-26(31,32)33,12-5-3-2-4-6-12)41-17(14)9-15(35)20(18)34/h2-9,38,40H,10-11,27-33H2,1H3,(H,37,39)/t23-/m1/s1. The lowest BCUT2D eigenvalue weighted by molar-refractivity contribution is 0.0784. The lowest BCUT2D eigenvalue weighted by Gasteiger charge is -2.39. The molecule has 1 atom stereocenters. The van der Waals surface area contributed by atoms with Crippen LogP contribution in [0.2, 0.25) is 5.02 Å². The Balaban J connectivity index is 1.97. The van der Waals surface area contributed by atoms with Gasteiger partial charge in [-0.1, -0.05) is 47.2 Å². The Kier molecular flexibility index (Phi) is 8.73. The van der Waals surface area contributed by atoms with Crippen LogP contribution < -0.4 is 20.1 Å². The minimum absolute atomic E-state index is 0.0165. The second kappa shape index (κ2) is 11.4. The summed E-state index contributed by atoms with van der Waals surface area (Å²) in [6.07, 6.45) is 0.220. The summed E-state index contributed by atoms with van der Waals surface area (Å²) in [5.74, 6) is -2.33. The van der Waals surface area contributed by atoms with Crippen molar-refractivity contribution in [3.8, 4) is 22.6 Å². The second-order valence-electron chi connectivity index (χ2n) is 12.8. The summed E-state index contributed by atoms with van der Waals surface area (Å²) in [7, 11) is 13.8. The van der Waals surface area contributed by atoms with Crippen LogP contribution in [0.4, 0.5) is 8.78 Å². The number of hydrogen-bond donors (Lipinski definition) is 3. The molecule has 3 aromatic rings. The van der Waals surface area contributed by atoms with E-state index in [1.807, 2.05) is 53.9 Å². The molecule has 6 nitrogen and oxygen atoms in total. The predicted octanol–water partition coefficient (Wildman–Crippen LogP) is -3.21. The van der Waals surface area contributed by atoms with Crippen molar-refractivity contribution < 1.29 is 28.2 Å².